The molecule has 1 aliphatic rings. The number of nitrogens with one attached hydrogen (secondary N) is 1. The fourth-order valence-electron chi connectivity index (χ4n) is 3.29. The van der Waals surface area contributed by atoms with E-state index < -0.39 is 0 Å². The van der Waals surface area contributed by atoms with Crippen LogP contribution in [0.1, 0.15) is 0 Å². The van der Waals surface area contributed by atoms with Gasteiger partial charge in [-0.05, 0) is 12.1 Å². The van der Waals surface area contributed by atoms with Crippen molar-refractivity contribution in [2.24, 2.45) is 0 Å². The number of hydrogen-bond acceptors (Lipinski definition) is 8. The summed E-state index contributed by atoms with van der Waals surface area (Å²) in [5.41, 5.74) is 0.596. The fourth-order valence-corrected chi connectivity index (χ4v) is 4.19. The lowest BCUT2D eigenvalue weighted by molar-refractivity contribution is -0.117. The van der Waals surface area contributed by atoms with Crippen molar-refractivity contribution in [3.63, 3.8) is 0 Å². The van der Waals surface area contributed by atoms with Crippen molar-refractivity contribution < 1.29 is 14.3 Å². The summed E-state index contributed by atoms with van der Waals surface area (Å²) >= 11 is 1.89. The van der Waals surface area contributed by atoms with Crippen LogP contribution in [0.3, 0.4) is 0 Å². The van der Waals surface area contributed by atoms with Gasteiger partial charge in [0.25, 0.3) is 0 Å². The minimum Gasteiger partial charge on any atom is -0.493 e. The molecule has 3 heterocycles. The van der Waals surface area contributed by atoms with E-state index in [1.165, 1.54) is 18.6 Å². The number of nitrogens with zero attached hydrogens (tertiary/aromatic N) is 5. The maximum Gasteiger partial charge on any atom is 0.350 e. The first-order valence-corrected chi connectivity index (χ1v) is 10.5. The number of thioether (sulfide) groups is 1. The van der Waals surface area contributed by atoms with Crippen LogP contribution in [-0.4, -0.2) is 63.9 Å². The quantitative estimate of drug-likeness (QED) is 0.620. The first kappa shape index (κ1) is 20.1. The topological polar surface area (TPSA) is 103 Å². The van der Waals surface area contributed by atoms with E-state index in [1.54, 1.807) is 30.6 Å². The zero-order valence-corrected chi connectivity index (χ0v) is 17.5. The monoisotopic (exact) mass is 430 g/mol. The Balaban J connectivity index is 1.56. The van der Waals surface area contributed by atoms with Gasteiger partial charge in [0.2, 0.25) is 11.6 Å². The molecule has 0 bridgehead atoms. The zero-order valence-electron chi connectivity index (χ0n) is 16.7. The van der Waals surface area contributed by atoms with E-state index in [1.807, 2.05) is 11.8 Å². The number of aromatic nitrogens is 4. The van der Waals surface area contributed by atoms with Gasteiger partial charge in [-0.2, -0.15) is 11.8 Å². The van der Waals surface area contributed by atoms with Crippen LogP contribution in [-0.2, 0) is 11.3 Å². The summed E-state index contributed by atoms with van der Waals surface area (Å²) in [6, 6.07) is 5.04. The van der Waals surface area contributed by atoms with Gasteiger partial charge in [-0.3, -0.25) is 4.79 Å². The van der Waals surface area contributed by atoms with Crippen LogP contribution in [0.4, 0.5) is 11.5 Å². The van der Waals surface area contributed by atoms with Crippen LogP contribution in [0.15, 0.2) is 35.4 Å². The summed E-state index contributed by atoms with van der Waals surface area (Å²) in [4.78, 5) is 31.8. The SMILES string of the molecule is COc1ccc(NC(=O)Cn2nc3c(N4CCSCC4)nccn3c2=O)cc1OC. The lowest BCUT2D eigenvalue weighted by Gasteiger charge is -2.27. The Morgan fingerprint density at radius 1 is 1.20 bits per heavy atom. The first-order valence-electron chi connectivity index (χ1n) is 9.39. The summed E-state index contributed by atoms with van der Waals surface area (Å²) in [6.45, 7) is 1.47. The van der Waals surface area contributed by atoms with Crippen LogP contribution in [0.2, 0.25) is 0 Å². The smallest absolute Gasteiger partial charge is 0.350 e. The summed E-state index contributed by atoms with van der Waals surface area (Å²) in [6.07, 6.45) is 3.15. The average Bonchev–Trinajstić information content (AvgIpc) is 3.09. The lowest BCUT2D eigenvalue weighted by Crippen LogP contribution is -2.33. The van der Waals surface area contributed by atoms with Crippen LogP contribution in [0.25, 0.3) is 5.65 Å². The van der Waals surface area contributed by atoms with E-state index in [9.17, 15) is 9.59 Å². The van der Waals surface area contributed by atoms with Crippen LogP contribution >= 0.6 is 11.8 Å². The molecule has 10 nitrogen and oxygen atoms in total. The van der Waals surface area contributed by atoms with Gasteiger partial charge in [0.1, 0.15) is 6.54 Å². The molecule has 4 rings (SSSR count). The van der Waals surface area contributed by atoms with Gasteiger partial charge in [-0.25, -0.2) is 18.9 Å². The second kappa shape index (κ2) is 8.66. The minimum atomic E-state index is -0.387. The van der Waals surface area contributed by atoms with Gasteiger partial charge >= 0.3 is 5.69 Å². The highest BCUT2D eigenvalue weighted by Crippen LogP contribution is 2.29. The van der Waals surface area contributed by atoms with Gasteiger partial charge in [0, 0.05) is 48.7 Å². The molecule has 1 amide bonds. The van der Waals surface area contributed by atoms with Gasteiger partial charge < -0.3 is 19.7 Å². The number of ether oxygens (including phenoxy) is 2. The second-order valence-electron chi connectivity index (χ2n) is 6.60. The Hall–Kier alpha value is -3.21. The van der Waals surface area contributed by atoms with E-state index in [0.29, 0.717) is 28.7 Å². The number of fused-ring (bicyclic) bond motifs is 1. The Morgan fingerprint density at radius 2 is 1.97 bits per heavy atom. The molecule has 11 heteroatoms. The number of methoxy groups -OCH3 is 2. The molecule has 2 aromatic heterocycles. The zero-order chi connectivity index (χ0) is 21.1. The van der Waals surface area contributed by atoms with Crippen molar-refractivity contribution in [2.45, 2.75) is 6.54 Å². The highest BCUT2D eigenvalue weighted by molar-refractivity contribution is 7.99. The van der Waals surface area contributed by atoms with Crippen molar-refractivity contribution >= 4 is 34.8 Å². The van der Waals surface area contributed by atoms with E-state index >= 15 is 0 Å². The fraction of sp³-hybridized carbons (Fsp3) is 0.368. The van der Waals surface area contributed by atoms with Gasteiger partial charge in [-0.15, -0.1) is 5.10 Å². The molecule has 0 saturated carbocycles. The Kier molecular flexibility index (Phi) is 5.79. The number of benzene rings is 1. The van der Waals surface area contributed by atoms with Crippen LogP contribution < -0.4 is 25.4 Å². The Morgan fingerprint density at radius 3 is 2.70 bits per heavy atom. The molecule has 158 valence electrons. The molecule has 0 aliphatic carbocycles. The number of carbonyl (C=O) groups is 1. The lowest BCUT2D eigenvalue weighted by atomic mass is 10.2. The predicted molar refractivity (Wildman–Crippen MR) is 115 cm³/mol. The van der Waals surface area contributed by atoms with E-state index in [2.05, 4.69) is 20.3 Å². The van der Waals surface area contributed by atoms with Crippen molar-refractivity contribution in [1.82, 2.24) is 19.2 Å². The summed E-state index contributed by atoms with van der Waals surface area (Å²) in [5.74, 6) is 3.34. The summed E-state index contributed by atoms with van der Waals surface area (Å²) in [7, 11) is 3.06. The Labute approximate surface area is 176 Å². The summed E-state index contributed by atoms with van der Waals surface area (Å²) in [5, 5.41) is 7.13. The third-order valence-corrected chi connectivity index (χ3v) is 5.70. The molecule has 0 unspecified atom stereocenters. The maximum atomic E-state index is 12.7. The van der Waals surface area contributed by atoms with Crippen LogP contribution in [0, 0.1) is 0 Å². The second-order valence-corrected chi connectivity index (χ2v) is 7.83. The molecule has 1 aromatic carbocycles. The molecular formula is C19H22N6O4S. The number of hydrogen-bond donors (Lipinski definition) is 1. The van der Waals surface area contributed by atoms with Gasteiger partial charge in [0.05, 0.1) is 14.2 Å². The molecule has 30 heavy (non-hydrogen) atoms. The van der Waals surface area contributed by atoms with E-state index in [4.69, 9.17) is 9.47 Å². The number of amides is 1. The standard InChI is InChI=1S/C19H22N6O4S/c1-28-14-4-3-13(11-15(14)29-2)21-16(26)12-25-19(27)24-6-5-20-17(18(24)22-25)23-7-9-30-10-8-23/h3-6,11H,7-10,12H2,1-2H3,(H,21,26). The van der Waals surface area contributed by atoms with Gasteiger partial charge in [0.15, 0.2) is 17.3 Å². The largest absolute Gasteiger partial charge is 0.493 e. The normalized spacial score (nSPS) is 14.0. The number of anilines is 2. The maximum absolute atomic E-state index is 12.7. The molecule has 1 fully saturated rings. The molecule has 3 aromatic rings. The molecule has 1 saturated heterocycles. The van der Waals surface area contributed by atoms with Crippen molar-refractivity contribution in [3.05, 3.63) is 41.1 Å². The molecule has 1 N–H and O–H groups in total. The van der Waals surface area contributed by atoms with Crippen molar-refractivity contribution in [3.8, 4) is 11.5 Å². The van der Waals surface area contributed by atoms with Crippen molar-refractivity contribution in [1.29, 1.82) is 0 Å². The van der Waals surface area contributed by atoms with Gasteiger partial charge in [-0.1, -0.05) is 0 Å². The molecular weight excluding hydrogens is 408 g/mol. The molecule has 0 atom stereocenters. The highest BCUT2D eigenvalue weighted by atomic mass is 32.2. The third-order valence-electron chi connectivity index (χ3n) is 4.75. The predicted octanol–water partition coefficient (Wildman–Crippen LogP) is 1.10. The number of carbonyl (C=O) groups excluding carboxylic acids is 1. The van der Waals surface area contributed by atoms with Crippen LogP contribution in [0.5, 0.6) is 11.5 Å². The minimum absolute atomic E-state index is 0.218. The molecule has 0 spiro atoms. The Bertz CT molecular complexity index is 1120. The highest BCUT2D eigenvalue weighted by Gasteiger charge is 2.20. The van der Waals surface area contributed by atoms with E-state index in [0.717, 1.165) is 29.3 Å². The summed E-state index contributed by atoms with van der Waals surface area (Å²) < 4.78 is 13.0. The average molecular weight is 430 g/mol. The van der Waals surface area contributed by atoms with E-state index in [-0.39, 0.29) is 18.1 Å². The molecule has 1 aliphatic heterocycles. The first-order chi connectivity index (χ1) is 14.6. The number of rotatable bonds is 6. The van der Waals surface area contributed by atoms with Crippen molar-refractivity contribution in [2.75, 3.05) is 49.0 Å². The third kappa shape index (κ3) is 3.92. The molecule has 0 radical (unpaired) electrons.